The third kappa shape index (κ3) is 4.91. The van der Waals surface area contributed by atoms with Gasteiger partial charge >= 0.3 is 17.2 Å². The molecule has 4 atom stereocenters. The molecule has 15 heteroatoms. The van der Waals surface area contributed by atoms with Gasteiger partial charge in [0.25, 0.3) is 19.7 Å². The van der Waals surface area contributed by atoms with E-state index in [2.05, 4.69) is 4.74 Å². The van der Waals surface area contributed by atoms with Crippen LogP contribution in [0.25, 0.3) is 0 Å². The zero-order valence-electron chi connectivity index (χ0n) is 14.9. The van der Waals surface area contributed by atoms with Crippen LogP contribution in [0.15, 0.2) is 0 Å². The monoisotopic (exact) mass is 476 g/mol. The standard InChI is InChI=1S/C14H18F6O7S2/c1-7(26-12(21)27-10-6-8-2-3-9(10)5-8)4-11(28(22,23)13(15,16)17)29(24,25)14(18,19)20/h7-11H,2-6H2,1H3. The summed E-state index contributed by atoms with van der Waals surface area (Å²) in [5, 5.41) is 0. The largest absolute Gasteiger partial charge is 0.508 e. The lowest BCUT2D eigenvalue weighted by atomic mass is 9.98. The van der Waals surface area contributed by atoms with E-state index < -0.39 is 60.1 Å². The number of alkyl halides is 6. The zero-order chi connectivity index (χ0) is 22.4. The summed E-state index contributed by atoms with van der Waals surface area (Å²) in [6, 6.07) is 0. The van der Waals surface area contributed by atoms with Gasteiger partial charge in [-0.25, -0.2) is 21.6 Å². The maximum absolute atomic E-state index is 12.7. The van der Waals surface area contributed by atoms with Gasteiger partial charge in [0.15, 0.2) is 4.58 Å². The Morgan fingerprint density at radius 1 is 0.966 bits per heavy atom. The Labute approximate surface area is 162 Å². The molecule has 0 aromatic heterocycles. The molecule has 0 radical (unpaired) electrons. The lowest BCUT2D eigenvalue weighted by molar-refractivity contribution is -0.0480. The molecule has 2 fully saturated rings. The number of carbonyl (C=O) groups excluding carboxylic acids is 1. The van der Waals surface area contributed by atoms with Crippen molar-refractivity contribution >= 4 is 25.8 Å². The molecule has 0 aromatic carbocycles. The smallest absolute Gasteiger partial charge is 0.431 e. The van der Waals surface area contributed by atoms with Crippen LogP contribution in [0.5, 0.6) is 0 Å². The summed E-state index contributed by atoms with van der Waals surface area (Å²) in [5.74, 6) is 0.431. The number of ether oxygens (including phenoxy) is 2. The fourth-order valence-electron chi connectivity index (χ4n) is 3.68. The van der Waals surface area contributed by atoms with Crippen LogP contribution >= 0.6 is 0 Å². The molecule has 2 aliphatic rings. The van der Waals surface area contributed by atoms with Gasteiger partial charge < -0.3 is 9.47 Å². The Bertz CT molecular complexity index is 789. The van der Waals surface area contributed by atoms with Crippen LogP contribution < -0.4 is 0 Å². The van der Waals surface area contributed by atoms with Crippen LogP contribution in [-0.4, -0.2) is 50.8 Å². The normalized spacial score (nSPS) is 26.6. The van der Waals surface area contributed by atoms with E-state index in [-0.39, 0.29) is 5.92 Å². The first-order valence-electron chi connectivity index (χ1n) is 8.44. The van der Waals surface area contributed by atoms with Gasteiger partial charge in [-0.2, -0.15) is 26.3 Å². The van der Waals surface area contributed by atoms with Crippen molar-refractivity contribution in [2.45, 2.75) is 66.8 Å². The van der Waals surface area contributed by atoms with Crippen molar-refractivity contribution in [3.05, 3.63) is 0 Å². The van der Waals surface area contributed by atoms with Crippen molar-refractivity contribution in [2.24, 2.45) is 11.8 Å². The number of hydrogen-bond acceptors (Lipinski definition) is 7. The molecule has 2 saturated carbocycles. The predicted octanol–water partition coefficient (Wildman–Crippen LogP) is 3.30. The minimum atomic E-state index is -6.78. The first-order chi connectivity index (χ1) is 13.0. The van der Waals surface area contributed by atoms with Crippen molar-refractivity contribution < 1.29 is 57.4 Å². The molecule has 0 heterocycles. The summed E-state index contributed by atoms with van der Waals surface area (Å²) in [5.41, 5.74) is -12.5. The second-order valence-electron chi connectivity index (χ2n) is 7.16. The molecule has 2 rings (SSSR count). The fourth-order valence-corrected chi connectivity index (χ4v) is 7.32. The summed E-state index contributed by atoms with van der Waals surface area (Å²) in [7, 11) is -13.6. The number of hydrogen-bond donors (Lipinski definition) is 0. The molecule has 170 valence electrons. The van der Waals surface area contributed by atoms with Gasteiger partial charge in [-0.1, -0.05) is 0 Å². The van der Waals surface area contributed by atoms with E-state index in [9.17, 15) is 48.0 Å². The summed E-state index contributed by atoms with van der Waals surface area (Å²) >= 11 is 0. The SMILES string of the molecule is CC(CC(S(=O)(=O)C(F)(F)F)S(=O)(=O)C(F)(F)F)OC(=O)OC1CC2CCC1C2. The first kappa shape index (κ1) is 24.0. The molecule has 0 N–H and O–H groups in total. The maximum Gasteiger partial charge on any atom is 0.508 e. The third-order valence-corrected chi connectivity index (χ3v) is 9.66. The highest BCUT2D eigenvalue weighted by atomic mass is 32.3. The molecule has 4 unspecified atom stereocenters. The van der Waals surface area contributed by atoms with E-state index in [0.717, 1.165) is 26.2 Å². The minimum absolute atomic E-state index is 0.0758. The summed E-state index contributed by atoms with van der Waals surface area (Å²) in [4.78, 5) is 11.8. The number of halogens is 6. The molecule has 29 heavy (non-hydrogen) atoms. The van der Waals surface area contributed by atoms with E-state index >= 15 is 0 Å². The molecule has 2 aliphatic carbocycles. The van der Waals surface area contributed by atoms with Gasteiger partial charge in [0.2, 0.25) is 0 Å². The lowest BCUT2D eigenvalue weighted by Gasteiger charge is -2.25. The second kappa shape index (κ2) is 7.78. The lowest BCUT2D eigenvalue weighted by Crippen LogP contribution is -2.46. The number of carbonyl (C=O) groups is 1. The Morgan fingerprint density at radius 3 is 1.86 bits per heavy atom. The van der Waals surface area contributed by atoms with Gasteiger partial charge in [-0.15, -0.1) is 0 Å². The summed E-state index contributed by atoms with van der Waals surface area (Å²) in [6.07, 6.45) is -2.48. The van der Waals surface area contributed by atoms with Crippen molar-refractivity contribution in [1.82, 2.24) is 0 Å². The van der Waals surface area contributed by atoms with E-state index in [4.69, 9.17) is 4.74 Å². The van der Waals surface area contributed by atoms with Crippen molar-refractivity contribution in [3.8, 4) is 0 Å². The van der Waals surface area contributed by atoms with Crippen LogP contribution in [0.4, 0.5) is 31.1 Å². The van der Waals surface area contributed by atoms with Crippen LogP contribution in [0, 0.1) is 11.8 Å². The van der Waals surface area contributed by atoms with Gasteiger partial charge in [0, 0.05) is 6.42 Å². The number of rotatable bonds is 6. The molecular formula is C14H18F6O7S2. The Balaban J connectivity index is 2.13. The van der Waals surface area contributed by atoms with Crippen molar-refractivity contribution in [3.63, 3.8) is 0 Å². The quantitative estimate of drug-likeness (QED) is 0.428. The molecule has 0 aliphatic heterocycles. The van der Waals surface area contributed by atoms with E-state index in [1.807, 2.05) is 0 Å². The first-order valence-corrected chi connectivity index (χ1v) is 11.5. The van der Waals surface area contributed by atoms with Crippen LogP contribution in [0.1, 0.15) is 39.0 Å². The van der Waals surface area contributed by atoms with E-state index in [1.54, 1.807) is 0 Å². The second-order valence-corrected chi connectivity index (χ2v) is 11.7. The predicted molar refractivity (Wildman–Crippen MR) is 84.6 cm³/mol. The van der Waals surface area contributed by atoms with Crippen LogP contribution in [0.2, 0.25) is 0 Å². The van der Waals surface area contributed by atoms with Crippen molar-refractivity contribution in [2.75, 3.05) is 0 Å². The van der Waals surface area contributed by atoms with Gasteiger partial charge in [-0.05, 0) is 44.4 Å². The minimum Gasteiger partial charge on any atom is -0.431 e. The topological polar surface area (TPSA) is 104 Å². The summed E-state index contributed by atoms with van der Waals surface area (Å²) in [6.45, 7) is 0.771. The van der Waals surface area contributed by atoms with Crippen LogP contribution in [0.3, 0.4) is 0 Å². The van der Waals surface area contributed by atoms with Gasteiger partial charge in [0.05, 0.1) is 0 Å². The van der Waals surface area contributed by atoms with E-state index in [1.165, 1.54) is 0 Å². The molecule has 0 spiro atoms. The van der Waals surface area contributed by atoms with Gasteiger partial charge in [-0.3, -0.25) is 0 Å². The average molecular weight is 476 g/mol. The Hall–Kier alpha value is -1.25. The maximum atomic E-state index is 12.7. The van der Waals surface area contributed by atoms with Crippen molar-refractivity contribution in [1.29, 1.82) is 0 Å². The molecule has 7 nitrogen and oxygen atoms in total. The van der Waals surface area contributed by atoms with Crippen LogP contribution in [-0.2, 0) is 29.1 Å². The average Bonchev–Trinajstić information content (AvgIpc) is 3.12. The molecule has 2 bridgehead atoms. The molecule has 0 saturated heterocycles. The highest BCUT2D eigenvalue weighted by molar-refractivity contribution is 8.09. The zero-order valence-corrected chi connectivity index (χ0v) is 16.5. The summed E-state index contributed by atoms with van der Waals surface area (Å²) < 4.78 is 128. The third-order valence-electron chi connectivity index (χ3n) is 5.08. The highest BCUT2D eigenvalue weighted by Gasteiger charge is 2.63. The molecule has 0 amide bonds. The highest BCUT2D eigenvalue weighted by Crippen LogP contribution is 2.46. The molecular weight excluding hydrogens is 458 g/mol. The Kier molecular flexibility index (Phi) is 6.44. The van der Waals surface area contributed by atoms with E-state index in [0.29, 0.717) is 12.3 Å². The molecule has 0 aromatic rings. The van der Waals surface area contributed by atoms with Gasteiger partial charge in [0.1, 0.15) is 12.2 Å². The number of fused-ring (bicyclic) bond motifs is 2. The number of sulfone groups is 2. The fraction of sp³-hybridized carbons (Fsp3) is 0.929. The Morgan fingerprint density at radius 2 is 1.48 bits per heavy atom.